The number of hydrogen-bond donors (Lipinski definition) is 2. The molecule has 0 radical (unpaired) electrons. The fourth-order valence-corrected chi connectivity index (χ4v) is 4.06. The van der Waals surface area contributed by atoms with Crippen LogP contribution >= 0.6 is 0 Å². The minimum Gasteiger partial charge on any atom is -0.391 e. The molecule has 1 saturated carbocycles. The van der Waals surface area contributed by atoms with Gasteiger partial charge in [0.05, 0.1) is 18.2 Å². The SMILES string of the molecule is CC1(C)Cc2c(ccn2C2CCCCCC2O)C(O)C1. The Labute approximate surface area is 121 Å². The Morgan fingerprint density at radius 2 is 1.90 bits per heavy atom. The molecule has 1 fully saturated rings. The summed E-state index contributed by atoms with van der Waals surface area (Å²) in [6, 6.07) is 2.26. The lowest BCUT2D eigenvalue weighted by Crippen LogP contribution is -2.30. The van der Waals surface area contributed by atoms with Crippen molar-refractivity contribution in [2.24, 2.45) is 5.41 Å². The summed E-state index contributed by atoms with van der Waals surface area (Å²) in [6.45, 7) is 4.44. The highest BCUT2D eigenvalue weighted by molar-refractivity contribution is 5.30. The van der Waals surface area contributed by atoms with E-state index in [9.17, 15) is 10.2 Å². The van der Waals surface area contributed by atoms with E-state index in [0.29, 0.717) is 0 Å². The average molecular weight is 277 g/mol. The van der Waals surface area contributed by atoms with Crippen LogP contribution in [0, 0.1) is 5.41 Å². The molecule has 0 aliphatic heterocycles. The molecule has 20 heavy (non-hydrogen) atoms. The third kappa shape index (κ3) is 2.53. The van der Waals surface area contributed by atoms with Crippen molar-refractivity contribution in [1.29, 1.82) is 0 Å². The van der Waals surface area contributed by atoms with E-state index in [1.54, 1.807) is 0 Å². The summed E-state index contributed by atoms with van der Waals surface area (Å²) in [4.78, 5) is 0. The Morgan fingerprint density at radius 3 is 2.70 bits per heavy atom. The lowest BCUT2D eigenvalue weighted by Gasteiger charge is -2.35. The number of rotatable bonds is 1. The number of aromatic nitrogens is 1. The van der Waals surface area contributed by atoms with Gasteiger partial charge in [-0.2, -0.15) is 0 Å². The average Bonchev–Trinajstić information content (AvgIpc) is 2.64. The minimum atomic E-state index is -0.349. The van der Waals surface area contributed by atoms with Gasteiger partial charge in [-0.3, -0.25) is 0 Å². The molecule has 112 valence electrons. The Balaban J connectivity index is 1.95. The Kier molecular flexibility index (Phi) is 3.67. The standard InChI is InChI=1S/C17H27NO2/c1-17(2)10-14-12(16(20)11-17)8-9-18(14)13-6-4-3-5-7-15(13)19/h8-9,13,15-16,19-20H,3-7,10-11H2,1-2H3. The van der Waals surface area contributed by atoms with Gasteiger partial charge in [-0.15, -0.1) is 0 Å². The molecule has 3 atom stereocenters. The van der Waals surface area contributed by atoms with Crippen LogP contribution in [0.1, 0.15) is 75.8 Å². The summed E-state index contributed by atoms with van der Waals surface area (Å²) >= 11 is 0. The van der Waals surface area contributed by atoms with Gasteiger partial charge in [-0.05, 0) is 37.2 Å². The first-order valence-electron chi connectivity index (χ1n) is 8.04. The van der Waals surface area contributed by atoms with E-state index < -0.39 is 0 Å². The second-order valence-corrected chi connectivity index (χ2v) is 7.46. The first-order valence-corrected chi connectivity index (χ1v) is 8.04. The Morgan fingerprint density at radius 1 is 1.15 bits per heavy atom. The molecule has 0 spiro atoms. The predicted molar refractivity (Wildman–Crippen MR) is 79.6 cm³/mol. The van der Waals surface area contributed by atoms with Crippen LogP contribution in [0.3, 0.4) is 0 Å². The minimum absolute atomic E-state index is 0.137. The monoisotopic (exact) mass is 277 g/mol. The van der Waals surface area contributed by atoms with Gasteiger partial charge in [0.15, 0.2) is 0 Å². The van der Waals surface area contributed by atoms with Crippen LogP contribution in [0.2, 0.25) is 0 Å². The van der Waals surface area contributed by atoms with Crippen LogP contribution in [0.5, 0.6) is 0 Å². The quantitative estimate of drug-likeness (QED) is 0.773. The van der Waals surface area contributed by atoms with Crippen LogP contribution in [0.4, 0.5) is 0 Å². The highest BCUT2D eigenvalue weighted by Crippen LogP contribution is 2.43. The van der Waals surface area contributed by atoms with Gasteiger partial charge in [0.25, 0.3) is 0 Å². The molecule has 3 unspecified atom stereocenters. The molecule has 0 saturated heterocycles. The van der Waals surface area contributed by atoms with Crippen molar-refractivity contribution in [3.8, 4) is 0 Å². The molecule has 0 amide bonds. The van der Waals surface area contributed by atoms with Crippen LogP contribution in [0.15, 0.2) is 12.3 Å². The molecule has 0 aromatic carbocycles. The number of aliphatic hydroxyl groups excluding tert-OH is 2. The molecule has 0 bridgehead atoms. The van der Waals surface area contributed by atoms with E-state index in [1.807, 2.05) is 0 Å². The van der Waals surface area contributed by atoms with Crippen LogP contribution in [-0.2, 0) is 6.42 Å². The first-order chi connectivity index (χ1) is 9.48. The highest BCUT2D eigenvalue weighted by atomic mass is 16.3. The van der Waals surface area contributed by atoms with E-state index in [2.05, 4.69) is 30.7 Å². The summed E-state index contributed by atoms with van der Waals surface area (Å²) in [6.07, 6.45) is 8.85. The maximum atomic E-state index is 10.4. The molecule has 3 heteroatoms. The van der Waals surface area contributed by atoms with Gasteiger partial charge in [0.2, 0.25) is 0 Å². The number of nitrogens with zero attached hydrogens (tertiary/aromatic N) is 1. The van der Waals surface area contributed by atoms with Crippen molar-refractivity contribution >= 4 is 0 Å². The normalized spacial score (nSPS) is 33.5. The fraction of sp³-hybridized carbons (Fsp3) is 0.765. The van der Waals surface area contributed by atoms with E-state index in [-0.39, 0.29) is 23.7 Å². The summed E-state index contributed by atoms with van der Waals surface area (Å²) in [5.41, 5.74) is 2.47. The lowest BCUT2D eigenvalue weighted by atomic mass is 9.75. The van der Waals surface area contributed by atoms with Gasteiger partial charge in [0.1, 0.15) is 0 Å². The Hall–Kier alpha value is -0.800. The zero-order chi connectivity index (χ0) is 14.3. The van der Waals surface area contributed by atoms with Gasteiger partial charge < -0.3 is 14.8 Å². The largest absolute Gasteiger partial charge is 0.391 e. The zero-order valence-corrected chi connectivity index (χ0v) is 12.7. The number of fused-ring (bicyclic) bond motifs is 1. The van der Waals surface area contributed by atoms with Gasteiger partial charge in [0, 0.05) is 17.5 Å². The van der Waals surface area contributed by atoms with Gasteiger partial charge in [-0.25, -0.2) is 0 Å². The predicted octanol–water partition coefficient (Wildman–Crippen LogP) is 3.36. The molecule has 1 aromatic rings. The first kappa shape index (κ1) is 14.2. The zero-order valence-electron chi connectivity index (χ0n) is 12.7. The molecule has 2 N–H and O–H groups in total. The molecule has 2 aliphatic carbocycles. The maximum Gasteiger partial charge on any atom is 0.0812 e. The molecule has 1 heterocycles. The van der Waals surface area contributed by atoms with Crippen molar-refractivity contribution in [2.45, 2.75) is 77.0 Å². The fourth-order valence-electron chi connectivity index (χ4n) is 4.06. The molecular weight excluding hydrogens is 250 g/mol. The van der Waals surface area contributed by atoms with Crippen LogP contribution < -0.4 is 0 Å². The summed E-state index contributed by atoms with van der Waals surface area (Å²) in [5.74, 6) is 0. The lowest BCUT2D eigenvalue weighted by molar-refractivity contribution is 0.0860. The van der Waals surface area contributed by atoms with Crippen molar-refractivity contribution in [3.05, 3.63) is 23.5 Å². The second-order valence-electron chi connectivity index (χ2n) is 7.46. The van der Waals surface area contributed by atoms with Crippen LogP contribution in [-0.4, -0.2) is 20.9 Å². The highest BCUT2D eigenvalue weighted by Gasteiger charge is 2.35. The van der Waals surface area contributed by atoms with Crippen LogP contribution in [0.25, 0.3) is 0 Å². The molecular formula is C17H27NO2. The third-order valence-electron chi connectivity index (χ3n) is 5.11. The van der Waals surface area contributed by atoms with Crippen molar-refractivity contribution < 1.29 is 10.2 Å². The Bertz CT molecular complexity index is 477. The van der Waals surface area contributed by atoms with Gasteiger partial charge >= 0.3 is 0 Å². The van der Waals surface area contributed by atoms with E-state index in [0.717, 1.165) is 37.7 Å². The molecule has 1 aromatic heterocycles. The number of aliphatic hydroxyl groups is 2. The smallest absolute Gasteiger partial charge is 0.0812 e. The number of hydrogen-bond acceptors (Lipinski definition) is 2. The third-order valence-corrected chi connectivity index (χ3v) is 5.11. The van der Waals surface area contributed by atoms with Gasteiger partial charge in [-0.1, -0.05) is 33.1 Å². The van der Waals surface area contributed by atoms with E-state index in [4.69, 9.17) is 0 Å². The summed E-state index contributed by atoms with van der Waals surface area (Å²) in [7, 11) is 0. The summed E-state index contributed by atoms with van der Waals surface area (Å²) < 4.78 is 2.27. The second kappa shape index (κ2) is 5.19. The molecule has 3 nitrogen and oxygen atoms in total. The van der Waals surface area contributed by atoms with Crippen molar-refractivity contribution in [1.82, 2.24) is 4.57 Å². The maximum absolute atomic E-state index is 10.4. The van der Waals surface area contributed by atoms with Crippen molar-refractivity contribution in [3.63, 3.8) is 0 Å². The van der Waals surface area contributed by atoms with Crippen molar-refractivity contribution in [2.75, 3.05) is 0 Å². The topological polar surface area (TPSA) is 45.4 Å². The van der Waals surface area contributed by atoms with E-state index in [1.165, 1.54) is 18.5 Å². The molecule has 3 rings (SSSR count). The molecule has 2 aliphatic rings. The summed E-state index contributed by atoms with van der Waals surface area (Å²) in [5, 5.41) is 20.8. The van der Waals surface area contributed by atoms with E-state index >= 15 is 0 Å².